The number of carbonyl (C=O) groups excluding carboxylic acids is 1. The SMILES string of the molecule is Cl.N[C@@H]1CC[C@@H](NC(=O)c2cc3ccccc3[nH]c2=O)C1. The molecule has 1 aromatic carbocycles. The first-order valence-corrected chi connectivity index (χ1v) is 6.82. The van der Waals surface area contributed by atoms with Gasteiger partial charge in [-0.1, -0.05) is 18.2 Å². The second-order valence-electron chi connectivity index (χ2n) is 5.34. The lowest BCUT2D eigenvalue weighted by Gasteiger charge is -2.12. The zero-order chi connectivity index (χ0) is 14.1. The highest BCUT2D eigenvalue weighted by atomic mass is 35.5. The summed E-state index contributed by atoms with van der Waals surface area (Å²) in [5.41, 5.74) is 6.36. The third kappa shape index (κ3) is 3.25. The Kier molecular flexibility index (Phi) is 4.65. The number of nitrogens with one attached hydrogen (secondary N) is 2. The Hall–Kier alpha value is -1.85. The molecule has 0 bridgehead atoms. The zero-order valence-electron chi connectivity index (χ0n) is 11.5. The number of aromatic amines is 1. The second kappa shape index (κ2) is 6.28. The maximum absolute atomic E-state index is 12.2. The van der Waals surface area contributed by atoms with Gasteiger partial charge in [-0.3, -0.25) is 9.59 Å². The normalized spacial score (nSPS) is 21.0. The summed E-state index contributed by atoms with van der Waals surface area (Å²) in [7, 11) is 0. The summed E-state index contributed by atoms with van der Waals surface area (Å²) in [5.74, 6) is -0.323. The van der Waals surface area contributed by atoms with Crippen LogP contribution in [-0.4, -0.2) is 23.0 Å². The van der Waals surface area contributed by atoms with Crippen molar-refractivity contribution in [2.24, 2.45) is 5.73 Å². The fraction of sp³-hybridized carbons (Fsp3) is 0.333. The van der Waals surface area contributed by atoms with Crippen LogP contribution in [0, 0.1) is 0 Å². The van der Waals surface area contributed by atoms with Crippen molar-refractivity contribution in [3.63, 3.8) is 0 Å². The van der Waals surface area contributed by atoms with Crippen LogP contribution in [0.15, 0.2) is 35.1 Å². The summed E-state index contributed by atoms with van der Waals surface area (Å²) in [5, 5.41) is 3.74. The summed E-state index contributed by atoms with van der Waals surface area (Å²) < 4.78 is 0. The van der Waals surface area contributed by atoms with Crippen LogP contribution < -0.4 is 16.6 Å². The molecular formula is C15H18ClN3O2. The van der Waals surface area contributed by atoms with Crippen LogP contribution in [0.3, 0.4) is 0 Å². The molecule has 112 valence electrons. The highest BCUT2D eigenvalue weighted by Gasteiger charge is 2.24. The van der Waals surface area contributed by atoms with E-state index in [1.807, 2.05) is 24.3 Å². The van der Waals surface area contributed by atoms with E-state index in [0.717, 1.165) is 30.2 Å². The quantitative estimate of drug-likeness (QED) is 0.786. The van der Waals surface area contributed by atoms with Crippen molar-refractivity contribution in [1.29, 1.82) is 0 Å². The van der Waals surface area contributed by atoms with Crippen molar-refractivity contribution in [1.82, 2.24) is 10.3 Å². The molecule has 0 unspecified atom stereocenters. The minimum absolute atomic E-state index is 0. The van der Waals surface area contributed by atoms with Crippen molar-refractivity contribution in [2.75, 3.05) is 0 Å². The van der Waals surface area contributed by atoms with Gasteiger partial charge in [-0.15, -0.1) is 12.4 Å². The van der Waals surface area contributed by atoms with Crippen LogP contribution in [0.1, 0.15) is 29.6 Å². The number of H-pyrrole nitrogens is 1. The number of amides is 1. The number of para-hydroxylation sites is 1. The maximum atomic E-state index is 12.2. The number of nitrogens with two attached hydrogens (primary N) is 1. The van der Waals surface area contributed by atoms with E-state index in [2.05, 4.69) is 10.3 Å². The molecule has 1 heterocycles. The van der Waals surface area contributed by atoms with Gasteiger partial charge >= 0.3 is 0 Å². The van der Waals surface area contributed by atoms with Crippen molar-refractivity contribution in [2.45, 2.75) is 31.3 Å². The highest BCUT2D eigenvalue weighted by Crippen LogP contribution is 2.17. The largest absolute Gasteiger partial charge is 0.349 e. The van der Waals surface area contributed by atoms with Gasteiger partial charge in [0.2, 0.25) is 0 Å². The first-order chi connectivity index (χ1) is 9.63. The van der Waals surface area contributed by atoms with Gasteiger partial charge in [-0.25, -0.2) is 0 Å². The summed E-state index contributed by atoms with van der Waals surface area (Å²) >= 11 is 0. The Morgan fingerprint density at radius 3 is 2.76 bits per heavy atom. The smallest absolute Gasteiger partial charge is 0.261 e. The number of benzene rings is 1. The Labute approximate surface area is 128 Å². The van der Waals surface area contributed by atoms with E-state index in [4.69, 9.17) is 5.73 Å². The number of fused-ring (bicyclic) bond motifs is 1. The fourth-order valence-electron chi connectivity index (χ4n) is 2.73. The number of hydrogen-bond acceptors (Lipinski definition) is 3. The van der Waals surface area contributed by atoms with E-state index in [9.17, 15) is 9.59 Å². The van der Waals surface area contributed by atoms with Gasteiger partial charge in [0.05, 0.1) is 0 Å². The average molecular weight is 308 g/mol. The van der Waals surface area contributed by atoms with Crippen LogP contribution in [0.4, 0.5) is 0 Å². The lowest BCUT2D eigenvalue weighted by molar-refractivity contribution is 0.0936. The summed E-state index contributed by atoms with van der Waals surface area (Å²) in [6.07, 6.45) is 2.56. The molecule has 1 fully saturated rings. The molecule has 6 heteroatoms. The first-order valence-electron chi connectivity index (χ1n) is 6.82. The molecule has 4 N–H and O–H groups in total. The van der Waals surface area contributed by atoms with E-state index >= 15 is 0 Å². The summed E-state index contributed by atoms with van der Waals surface area (Å²) in [6, 6.07) is 9.26. The predicted octanol–water partition coefficient (Wildman–Crippen LogP) is 1.56. The number of rotatable bonds is 2. The van der Waals surface area contributed by atoms with Crippen LogP contribution in [0.2, 0.25) is 0 Å². The van der Waals surface area contributed by atoms with Crippen LogP contribution in [-0.2, 0) is 0 Å². The molecule has 1 amide bonds. The number of pyridine rings is 1. The Morgan fingerprint density at radius 2 is 2.05 bits per heavy atom. The van der Waals surface area contributed by atoms with Gasteiger partial charge in [0.1, 0.15) is 5.56 Å². The molecule has 3 rings (SSSR count). The summed E-state index contributed by atoms with van der Waals surface area (Å²) in [6.45, 7) is 0. The molecule has 1 aliphatic carbocycles. The molecule has 1 aromatic heterocycles. The van der Waals surface area contributed by atoms with E-state index < -0.39 is 0 Å². The van der Waals surface area contributed by atoms with Gasteiger partial charge in [-0.2, -0.15) is 0 Å². The lowest BCUT2D eigenvalue weighted by atomic mass is 10.1. The van der Waals surface area contributed by atoms with Crippen LogP contribution in [0.25, 0.3) is 10.9 Å². The molecule has 0 aliphatic heterocycles. The molecule has 5 nitrogen and oxygen atoms in total. The second-order valence-corrected chi connectivity index (χ2v) is 5.34. The zero-order valence-corrected chi connectivity index (χ0v) is 12.3. The van der Waals surface area contributed by atoms with Gasteiger partial charge < -0.3 is 16.0 Å². The third-order valence-electron chi connectivity index (χ3n) is 3.81. The Balaban J connectivity index is 0.00000161. The Morgan fingerprint density at radius 1 is 1.29 bits per heavy atom. The third-order valence-corrected chi connectivity index (χ3v) is 3.81. The number of aromatic nitrogens is 1. The molecule has 1 aliphatic rings. The van der Waals surface area contributed by atoms with E-state index in [1.54, 1.807) is 6.07 Å². The molecule has 0 spiro atoms. The molecule has 2 atom stereocenters. The van der Waals surface area contributed by atoms with Crippen molar-refractivity contribution >= 4 is 29.2 Å². The van der Waals surface area contributed by atoms with Gasteiger partial charge in [0, 0.05) is 17.6 Å². The van der Waals surface area contributed by atoms with Gasteiger partial charge in [0.25, 0.3) is 11.5 Å². The lowest BCUT2D eigenvalue weighted by Crippen LogP contribution is -2.36. The minimum atomic E-state index is -0.358. The van der Waals surface area contributed by atoms with E-state index in [0.29, 0.717) is 0 Å². The summed E-state index contributed by atoms with van der Waals surface area (Å²) in [4.78, 5) is 26.9. The van der Waals surface area contributed by atoms with E-state index in [-0.39, 0.29) is 41.5 Å². The molecule has 2 aromatic rings. The topological polar surface area (TPSA) is 88.0 Å². The van der Waals surface area contributed by atoms with Gasteiger partial charge in [-0.05, 0) is 36.8 Å². The molecule has 0 radical (unpaired) electrons. The first kappa shape index (κ1) is 15.5. The number of carbonyl (C=O) groups is 1. The average Bonchev–Trinajstić information content (AvgIpc) is 2.83. The molecule has 21 heavy (non-hydrogen) atoms. The van der Waals surface area contributed by atoms with Crippen molar-refractivity contribution in [3.8, 4) is 0 Å². The maximum Gasteiger partial charge on any atom is 0.261 e. The van der Waals surface area contributed by atoms with Crippen molar-refractivity contribution < 1.29 is 4.79 Å². The highest BCUT2D eigenvalue weighted by molar-refractivity contribution is 5.97. The minimum Gasteiger partial charge on any atom is -0.349 e. The van der Waals surface area contributed by atoms with E-state index in [1.165, 1.54) is 0 Å². The molecular weight excluding hydrogens is 290 g/mol. The number of halogens is 1. The molecule has 1 saturated carbocycles. The molecule has 0 saturated heterocycles. The van der Waals surface area contributed by atoms with Crippen LogP contribution >= 0.6 is 12.4 Å². The van der Waals surface area contributed by atoms with Crippen LogP contribution in [0.5, 0.6) is 0 Å². The standard InChI is InChI=1S/C15H17N3O2.ClH/c16-10-5-6-11(8-10)17-14(19)12-7-9-3-1-2-4-13(9)18-15(12)20;/h1-4,7,10-11H,5-6,8,16H2,(H,17,19)(H,18,20);1H/t10-,11-;/m1./s1. The fourth-order valence-corrected chi connectivity index (χ4v) is 2.73. The van der Waals surface area contributed by atoms with Gasteiger partial charge in [0.15, 0.2) is 0 Å². The Bertz CT molecular complexity index is 713. The van der Waals surface area contributed by atoms with Crippen molar-refractivity contribution in [3.05, 3.63) is 46.2 Å². The monoisotopic (exact) mass is 307 g/mol. The number of hydrogen-bond donors (Lipinski definition) is 3. The predicted molar refractivity (Wildman–Crippen MR) is 84.9 cm³/mol.